The number of aromatic nitrogens is 2. The lowest BCUT2D eigenvalue weighted by molar-refractivity contribution is -0.127. The molecule has 1 atom stereocenters. The molecule has 0 spiro atoms. The maximum atomic E-state index is 12.7. The fourth-order valence-corrected chi connectivity index (χ4v) is 3.94. The van der Waals surface area contributed by atoms with Crippen molar-refractivity contribution in [3.63, 3.8) is 0 Å². The quantitative estimate of drug-likeness (QED) is 0.551. The third kappa shape index (κ3) is 5.20. The summed E-state index contributed by atoms with van der Waals surface area (Å²) in [5.41, 5.74) is 3.08. The van der Waals surface area contributed by atoms with E-state index < -0.39 is 0 Å². The van der Waals surface area contributed by atoms with Crippen LogP contribution in [-0.2, 0) is 11.2 Å². The number of hydrogen-bond donors (Lipinski definition) is 0. The number of benzene rings is 2. The number of rotatable bonds is 6. The van der Waals surface area contributed by atoms with Gasteiger partial charge in [0.1, 0.15) is 5.75 Å². The molecule has 0 bridgehead atoms. The van der Waals surface area contributed by atoms with Crippen LogP contribution in [0.1, 0.15) is 29.9 Å². The number of nitrogens with zero attached hydrogens (tertiary/aromatic N) is 3. The SMILES string of the molecule is COc1ccc(/C=C\C(=O)N2CCCC(Cc3nc(-c4ccccc4C)no3)C2)cc1. The Hall–Kier alpha value is -3.41. The van der Waals surface area contributed by atoms with Crippen LogP contribution >= 0.6 is 0 Å². The fraction of sp³-hybridized carbons (Fsp3) is 0.320. The van der Waals surface area contributed by atoms with E-state index in [0.717, 1.165) is 41.8 Å². The van der Waals surface area contributed by atoms with Gasteiger partial charge in [-0.25, -0.2) is 0 Å². The second kappa shape index (κ2) is 9.60. The average molecular weight is 418 g/mol. The van der Waals surface area contributed by atoms with Gasteiger partial charge in [0.25, 0.3) is 0 Å². The summed E-state index contributed by atoms with van der Waals surface area (Å²) in [5.74, 6) is 2.41. The van der Waals surface area contributed by atoms with Crippen molar-refractivity contribution >= 4 is 12.0 Å². The number of hydrogen-bond acceptors (Lipinski definition) is 5. The van der Waals surface area contributed by atoms with Crippen LogP contribution in [0.5, 0.6) is 5.75 Å². The maximum Gasteiger partial charge on any atom is 0.246 e. The van der Waals surface area contributed by atoms with Gasteiger partial charge in [-0.2, -0.15) is 4.98 Å². The maximum absolute atomic E-state index is 12.7. The van der Waals surface area contributed by atoms with E-state index in [1.807, 2.05) is 66.4 Å². The highest BCUT2D eigenvalue weighted by Crippen LogP contribution is 2.24. The molecule has 1 amide bonds. The number of piperidine rings is 1. The minimum absolute atomic E-state index is 0.0339. The molecule has 0 N–H and O–H groups in total. The summed E-state index contributed by atoms with van der Waals surface area (Å²) in [6.07, 6.45) is 6.20. The number of likely N-dealkylation sites (tertiary alicyclic amines) is 1. The van der Waals surface area contributed by atoms with E-state index in [2.05, 4.69) is 10.1 Å². The Bertz CT molecular complexity index is 1060. The highest BCUT2D eigenvalue weighted by atomic mass is 16.5. The lowest BCUT2D eigenvalue weighted by Gasteiger charge is -2.31. The first-order valence-corrected chi connectivity index (χ1v) is 10.6. The predicted molar refractivity (Wildman–Crippen MR) is 120 cm³/mol. The van der Waals surface area contributed by atoms with Crippen LogP contribution < -0.4 is 4.74 Å². The van der Waals surface area contributed by atoms with Crippen LogP contribution in [0.3, 0.4) is 0 Å². The predicted octanol–water partition coefficient (Wildman–Crippen LogP) is 4.55. The number of carbonyl (C=O) groups is 1. The number of ether oxygens (including phenoxy) is 1. The van der Waals surface area contributed by atoms with Crippen molar-refractivity contribution in [2.24, 2.45) is 5.92 Å². The Morgan fingerprint density at radius 1 is 1.23 bits per heavy atom. The summed E-state index contributed by atoms with van der Waals surface area (Å²) < 4.78 is 10.7. The van der Waals surface area contributed by atoms with Gasteiger partial charge in [0.2, 0.25) is 17.6 Å². The van der Waals surface area contributed by atoms with Crippen molar-refractivity contribution in [3.05, 3.63) is 71.6 Å². The summed E-state index contributed by atoms with van der Waals surface area (Å²) in [5, 5.41) is 4.16. The zero-order chi connectivity index (χ0) is 21.6. The number of aryl methyl sites for hydroxylation is 1. The zero-order valence-corrected chi connectivity index (χ0v) is 18.0. The van der Waals surface area contributed by atoms with Crippen molar-refractivity contribution in [1.29, 1.82) is 0 Å². The van der Waals surface area contributed by atoms with Crippen LogP contribution in [-0.4, -0.2) is 41.1 Å². The van der Waals surface area contributed by atoms with Crippen LogP contribution in [0.25, 0.3) is 17.5 Å². The molecule has 6 heteroatoms. The van der Waals surface area contributed by atoms with Gasteiger partial charge in [-0.15, -0.1) is 0 Å². The summed E-state index contributed by atoms with van der Waals surface area (Å²) in [4.78, 5) is 19.2. The molecule has 3 aromatic rings. The minimum Gasteiger partial charge on any atom is -0.497 e. The van der Waals surface area contributed by atoms with Crippen molar-refractivity contribution in [1.82, 2.24) is 15.0 Å². The van der Waals surface area contributed by atoms with Gasteiger partial charge < -0.3 is 14.2 Å². The van der Waals surface area contributed by atoms with Crippen molar-refractivity contribution in [3.8, 4) is 17.1 Å². The molecule has 1 aliphatic heterocycles. The second-order valence-electron chi connectivity index (χ2n) is 7.93. The topological polar surface area (TPSA) is 68.5 Å². The molecule has 1 aromatic heterocycles. The van der Waals surface area contributed by atoms with Gasteiger partial charge in [0.15, 0.2) is 0 Å². The molecule has 1 fully saturated rings. The molecule has 6 nitrogen and oxygen atoms in total. The van der Waals surface area contributed by atoms with E-state index in [9.17, 15) is 4.79 Å². The highest BCUT2D eigenvalue weighted by molar-refractivity contribution is 5.91. The molecule has 1 aliphatic rings. The smallest absolute Gasteiger partial charge is 0.246 e. The van der Waals surface area contributed by atoms with Crippen LogP contribution in [0, 0.1) is 12.8 Å². The normalized spacial score (nSPS) is 16.6. The number of amides is 1. The third-order valence-corrected chi connectivity index (χ3v) is 5.68. The molecule has 2 aromatic carbocycles. The molecular formula is C25H27N3O3. The first-order valence-electron chi connectivity index (χ1n) is 10.6. The lowest BCUT2D eigenvalue weighted by Crippen LogP contribution is -2.39. The molecule has 1 saturated heterocycles. The van der Waals surface area contributed by atoms with E-state index in [0.29, 0.717) is 30.6 Å². The molecular weight excluding hydrogens is 390 g/mol. The van der Waals surface area contributed by atoms with Crippen LogP contribution in [0.4, 0.5) is 0 Å². The van der Waals surface area contributed by atoms with Crippen LogP contribution in [0.15, 0.2) is 59.1 Å². The van der Waals surface area contributed by atoms with Gasteiger partial charge in [0, 0.05) is 31.1 Å². The third-order valence-electron chi connectivity index (χ3n) is 5.68. The minimum atomic E-state index is 0.0339. The summed E-state index contributed by atoms with van der Waals surface area (Å²) >= 11 is 0. The monoisotopic (exact) mass is 417 g/mol. The van der Waals surface area contributed by atoms with Crippen molar-refractivity contribution < 1.29 is 14.1 Å². The van der Waals surface area contributed by atoms with Crippen molar-refractivity contribution in [2.45, 2.75) is 26.2 Å². The van der Waals surface area contributed by atoms with Crippen LogP contribution in [0.2, 0.25) is 0 Å². The number of methoxy groups -OCH3 is 1. The Morgan fingerprint density at radius 3 is 2.81 bits per heavy atom. The van der Waals surface area contributed by atoms with E-state index >= 15 is 0 Å². The molecule has 0 saturated carbocycles. The molecule has 4 rings (SSSR count). The highest BCUT2D eigenvalue weighted by Gasteiger charge is 2.24. The summed E-state index contributed by atoms with van der Waals surface area (Å²) in [6.45, 7) is 3.52. The average Bonchev–Trinajstić information content (AvgIpc) is 3.26. The van der Waals surface area contributed by atoms with E-state index in [4.69, 9.17) is 9.26 Å². The van der Waals surface area contributed by atoms with Gasteiger partial charge in [-0.3, -0.25) is 4.79 Å². The standard InChI is InChI=1S/C25H27N3O3/c1-18-6-3-4-8-22(18)25-26-23(31-27-25)16-20-7-5-15-28(17-20)24(29)14-11-19-9-12-21(30-2)13-10-19/h3-4,6,8-14,20H,5,7,15-17H2,1-2H3/b14-11-. The van der Waals surface area contributed by atoms with Crippen molar-refractivity contribution in [2.75, 3.05) is 20.2 Å². The zero-order valence-electron chi connectivity index (χ0n) is 18.0. The first-order chi connectivity index (χ1) is 15.1. The van der Waals surface area contributed by atoms with Gasteiger partial charge in [0.05, 0.1) is 7.11 Å². The fourth-order valence-electron chi connectivity index (χ4n) is 3.94. The molecule has 0 radical (unpaired) electrons. The Labute approximate surface area is 182 Å². The van der Waals surface area contributed by atoms with Gasteiger partial charge >= 0.3 is 0 Å². The Morgan fingerprint density at radius 2 is 2.03 bits per heavy atom. The van der Waals surface area contributed by atoms with E-state index in [-0.39, 0.29) is 5.91 Å². The molecule has 0 aliphatic carbocycles. The first kappa shape index (κ1) is 20.8. The lowest BCUT2D eigenvalue weighted by atomic mass is 9.94. The van der Waals surface area contributed by atoms with E-state index in [1.54, 1.807) is 13.2 Å². The van der Waals surface area contributed by atoms with Gasteiger partial charge in [-0.1, -0.05) is 41.6 Å². The molecule has 1 unspecified atom stereocenters. The largest absolute Gasteiger partial charge is 0.497 e. The summed E-state index contributed by atoms with van der Waals surface area (Å²) in [6, 6.07) is 15.6. The molecule has 160 valence electrons. The molecule has 31 heavy (non-hydrogen) atoms. The van der Waals surface area contributed by atoms with E-state index in [1.165, 1.54) is 0 Å². The number of carbonyl (C=O) groups excluding carboxylic acids is 1. The Kier molecular flexibility index (Phi) is 6.46. The summed E-state index contributed by atoms with van der Waals surface area (Å²) in [7, 11) is 1.64. The second-order valence-corrected chi connectivity index (χ2v) is 7.93. The van der Waals surface area contributed by atoms with Gasteiger partial charge in [-0.05, 0) is 55.0 Å². The molecule has 2 heterocycles. The Balaban J connectivity index is 1.35.